The fourth-order valence-electron chi connectivity index (χ4n) is 0. The normalized spacial score (nSPS) is 5.54. The van der Waals surface area contributed by atoms with Gasteiger partial charge in [0.1, 0.15) is 0 Å². The average Bonchev–Trinajstić information content (AvgIpc) is 3.25. The van der Waals surface area contributed by atoms with Crippen molar-refractivity contribution in [3.63, 3.8) is 0 Å². The van der Waals surface area contributed by atoms with Gasteiger partial charge < -0.3 is 123 Å². The van der Waals surface area contributed by atoms with E-state index < -0.39 is 0 Å². The second-order valence-electron chi connectivity index (χ2n) is 6.93. The maximum Gasteiger partial charge on any atom is 0 e. The van der Waals surface area contributed by atoms with Crippen LogP contribution in [0.4, 0.5) is 0 Å². The van der Waals surface area contributed by atoms with Crippen molar-refractivity contribution in [1.82, 2.24) is 0 Å². The summed E-state index contributed by atoms with van der Waals surface area (Å²) in [5, 5.41) is 214. The molecule has 0 N–H and O–H groups in total. The van der Waals surface area contributed by atoms with Gasteiger partial charge in [-0.3, -0.25) is 0 Å². The van der Waals surface area contributed by atoms with Crippen molar-refractivity contribution in [1.29, 1.82) is 0 Å². The molecule has 0 aromatic carbocycles. The van der Waals surface area contributed by atoms with E-state index >= 15 is 0 Å². The van der Waals surface area contributed by atoms with Gasteiger partial charge in [-0.25, -0.2) is 0 Å². The van der Waals surface area contributed by atoms with Gasteiger partial charge in [0, 0.05) is 126 Å². The molecule has 0 aliphatic heterocycles. The predicted molar refractivity (Wildman–Crippen MR) is 253 cm³/mol. The van der Waals surface area contributed by atoms with Gasteiger partial charge in [-0.2, -0.15) is 0 Å². The fraction of sp³-hybridized carbons (Fsp3) is 1.00. The van der Waals surface area contributed by atoms with Gasteiger partial charge in [0.2, 0.25) is 0 Å². The third-order valence-corrected chi connectivity index (χ3v) is 0. The average molecular weight is 2180 g/mol. The molecular weight excluding hydrogens is 2060 g/mol. The van der Waals surface area contributed by atoms with E-state index in [1.165, 1.54) is 0 Å². The molecule has 0 atom stereocenters. The Morgan fingerprint density at radius 3 is 0.0897 bits per heavy atom. The molecule has 0 spiro atoms. The summed E-state index contributed by atoms with van der Waals surface area (Å²) in [6, 6.07) is 0. The topological polar surface area (TPSA) is 553 Å². The molecule has 78 heavy (non-hydrogen) atoms. The Balaban J connectivity index is -0.0000000110. The molecule has 0 aliphatic carbocycles. The molecule has 0 aliphatic rings. The first-order chi connectivity index (χ1) is 33.9. The van der Waals surface area contributed by atoms with Gasteiger partial charge in [-0.1, -0.05) is 166 Å². The second kappa shape index (κ2) is 681. The zero-order chi connectivity index (χ0) is 65.0. The van der Waals surface area contributed by atoms with Crippen molar-refractivity contribution in [2.24, 2.45) is 0 Å². The van der Waals surface area contributed by atoms with Gasteiger partial charge >= 0.3 is 0 Å². The minimum atomic E-state index is 0. The summed E-state index contributed by atoms with van der Waals surface area (Å²) in [4.78, 5) is 0. The molecule has 0 heterocycles. The van der Waals surface area contributed by atoms with Gasteiger partial charge in [0.15, 0.2) is 0 Å². The van der Waals surface area contributed by atoms with E-state index in [1.807, 2.05) is 0 Å². The van der Waals surface area contributed by atoms with Crippen LogP contribution in [0.1, 0.15) is 166 Å². The Hall–Kier alpha value is 3.17. The molecule has 30 heteroatoms. The summed E-state index contributed by atoms with van der Waals surface area (Å²) in [5.74, 6) is 0. The SMILES string of the molecule is CC[O-].CC[O-].CC[O-].CC[O-].CC[O-].CC[O-].CC[O-].CC[O-].CC[O-].CC[O-].CC[O-].CC[O-].CC[O-].CC[O-].CC[O-].CC[O-].CC[O-].CC[O-].CC[O-].CC[O-].CC[O-].CC[O-].CC[O-].CC[O-].[W].[W].[W].[W].[W].[W]. The van der Waals surface area contributed by atoms with Gasteiger partial charge in [0.05, 0.1) is 0 Å². The fourth-order valence-corrected chi connectivity index (χ4v) is 0. The Bertz CT molecular complexity index is 207. The zero-order valence-electron chi connectivity index (χ0n) is 53.2. The molecule has 24 nitrogen and oxygen atoms in total. The molecule has 0 radical (unpaired) electrons. The molecule has 0 aromatic rings. The van der Waals surface area contributed by atoms with Crippen LogP contribution >= 0.6 is 0 Å². The summed E-state index contributed by atoms with van der Waals surface area (Å²) in [7, 11) is 0. The first kappa shape index (κ1) is 199. The standard InChI is InChI=1S/24C2H5O.6W/c24*1-2-3;;;;;;/h24*2H2,1H3;;;;;;/q24*-1;;;;;;. The number of hydrogen-bond acceptors (Lipinski definition) is 24. The second-order valence-corrected chi connectivity index (χ2v) is 6.93. The summed E-state index contributed by atoms with van der Waals surface area (Å²) in [5.41, 5.74) is 0. The van der Waals surface area contributed by atoms with E-state index in [9.17, 15) is 0 Å². The van der Waals surface area contributed by atoms with Crippen molar-refractivity contribution in [3.8, 4) is 0 Å². The largest absolute Gasteiger partial charge is 0.855 e. The van der Waals surface area contributed by atoms with Crippen molar-refractivity contribution in [3.05, 3.63) is 0 Å². The first-order valence-corrected chi connectivity index (χ1v) is 23.9. The number of hydrogen-bond donors (Lipinski definition) is 0. The van der Waals surface area contributed by atoms with Crippen LogP contribution in [0.5, 0.6) is 0 Å². The van der Waals surface area contributed by atoms with Crippen LogP contribution in [0.2, 0.25) is 0 Å². The number of rotatable bonds is 0. The van der Waals surface area contributed by atoms with Crippen LogP contribution < -0.4 is 123 Å². The van der Waals surface area contributed by atoms with Crippen LogP contribution in [0, 0.1) is 0 Å². The zero-order valence-corrected chi connectivity index (χ0v) is 70.8. The van der Waals surface area contributed by atoms with Gasteiger partial charge in [-0.05, 0) is 0 Å². The Labute approximate surface area is 568 Å². The Morgan fingerprint density at radius 1 is 0.0897 bits per heavy atom. The van der Waals surface area contributed by atoms with E-state index in [-0.39, 0.29) is 285 Å². The van der Waals surface area contributed by atoms with Crippen molar-refractivity contribution in [2.75, 3.05) is 159 Å². The van der Waals surface area contributed by atoms with Crippen LogP contribution in [0.3, 0.4) is 0 Å². The smallest absolute Gasteiger partial charge is 0 e. The summed E-state index contributed by atoms with van der Waals surface area (Å²) in [6.07, 6.45) is 0. The van der Waals surface area contributed by atoms with E-state index in [4.69, 9.17) is 123 Å². The third kappa shape index (κ3) is 48100. The Morgan fingerprint density at radius 2 is 0.0897 bits per heavy atom. The van der Waals surface area contributed by atoms with Crippen LogP contribution in [-0.4, -0.2) is 159 Å². The quantitative estimate of drug-likeness (QED) is 0.217. The predicted octanol–water partition coefficient (Wildman–Crippen LogP) is -15.2. The minimum absolute atomic E-state index is 0. The van der Waals surface area contributed by atoms with Crippen molar-refractivity contribution < 1.29 is 249 Å². The van der Waals surface area contributed by atoms with Crippen molar-refractivity contribution >= 4 is 0 Å². The maximum atomic E-state index is 8.93. The first-order valence-electron chi connectivity index (χ1n) is 23.9. The third-order valence-electron chi connectivity index (χ3n) is 0. The molecule has 0 fully saturated rings. The molecule has 0 aromatic heterocycles. The van der Waals surface area contributed by atoms with Crippen LogP contribution in [0.25, 0.3) is 0 Å². The van der Waals surface area contributed by atoms with Crippen LogP contribution in [-0.2, 0) is 126 Å². The summed E-state index contributed by atoms with van der Waals surface area (Å²) < 4.78 is 0. The molecule has 516 valence electrons. The molecule has 0 bridgehead atoms. The minimum Gasteiger partial charge on any atom is -0.855 e. The van der Waals surface area contributed by atoms with Crippen molar-refractivity contribution in [2.45, 2.75) is 166 Å². The van der Waals surface area contributed by atoms with Crippen LogP contribution in [0.15, 0.2) is 0 Å². The molecular formula is C48H120O24W6-24. The summed E-state index contributed by atoms with van der Waals surface area (Å²) in [6.45, 7) is 37.7. The Kier molecular flexibility index (Phi) is 1740. The molecule has 0 unspecified atom stereocenters. The summed E-state index contributed by atoms with van der Waals surface area (Å²) >= 11 is 0. The van der Waals surface area contributed by atoms with E-state index in [2.05, 4.69) is 0 Å². The molecule has 0 saturated carbocycles. The molecule has 0 amide bonds. The van der Waals surface area contributed by atoms with E-state index in [0.717, 1.165) is 0 Å². The van der Waals surface area contributed by atoms with Gasteiger partial charge in [0.25, 0.3) is 0 Å². The molecule has 0 saturated heterocycles. The monoisotopic (exact) mass is 2180 g/mol. The van der Waals surface area contributed by atoms with Gasteiger partial charge in [-0.15, -0.1) is 159 Å². The molecule has 0 rings (SSSR count). The van der Waals surface area contributed by atoms with E-state index in [1.54, 1.807) is 166 Å². The maximum absolute atomic E-state index is 8.93. The van der Waals surface area contributed by atoms with E-state index in [0.29, 0.717) is 0 Å².